The van der Waals surface area contributed by atoms with Crippen molar-refractivity contribution < 1.29 is 9.53 Å². The molecule has 5 rings (SSSR count). The average Bonchev–Trinajstić information content (AvgIpc) is 2.47. The van der Waals surface area contributed by atoms with Gasteiger partial charge in [-0.25, -0.2) is 0 Å². The molecule has 4 bridgehead atoms. The first-order valence-electron chi connectivity index (χ1n) is 7.84. The van der Waals surface area contributed by atoms with Crippen molar-refractivity contribution in [2.24, 2.45) is 23.7 Å². The van der Waals surface area contributed by atoms with Gasteiger partial charge in [0.05, 0.1) is 7.11 Å². The lowest BCUT2D eigenvalue weighted by molar-refractivity contribution is -0.125. The molecule has 4 saturated carbocycles. The summed E-state index contributed by atoms with van der Waals surface area (Å²) in [4.78, 5) is 11.4. The lowest BCUT2D eigenvalue weighted by atomic mass is 9.45. The minimum absolute atomic E-state index is 0.345. The zero-order valence-corrected chi connectivity index (χ0v) is 12.0. The first-order valence-corrected chi connectivity index (χ1v) is 7.84. The zero-order valence-electron chi connectivity index (χ0n) is 12.0. The van der Waals surface area contributed by atoms with Crippen molar-refractivity contribution in [3.63, 3.8) is 0 Å². The minimum Gasteiger partial charge on any atom is -0.497 e. The van der Waals surface area contributed by atoms with Crippen LogP contribution in [-0.4, -0.2) is 13.4 Å². The Balaban J connectivity index is 1.69. The van der Waals surface area contributed by atoms with Gasteiger partial charge in [0, 0.05) is 5.92 Å². The Morgan fingerprint density at radius 3 is 2.30 bits per heavy atom. The molecule has 4 aliphatic rings. The fourth-order valence-corrected chi connectivity index (χ4v) is 5.58. The lowest BCUT2D eigenvalue weighted by Gasteiger charge is -2.59. The molecule has 0 heterocycles. The third kappa shape index (κ3) is 1.66. The number of methoxy groups -OCH3 is 1. The van der Waals surface area contributed by atoms with E-state index in [2.05, 4.69) is 24.3 Å². The van der Waals surface area contributed by atoms with Gasteiger partial charge in [-0.1, -0.05) is 12.1 Å². The molecule has 1 aromatic rings. The van der Waals surface area contributed by atoms with E-state index in [1.54, 1.807) is 7.11 Å². The number of carbonyl (C=O) groups excluding carboxylic acids is 1. The van der Waals surface area contributed by atoms with E-state index in [0.717, 1.165) is 11.7 Å². The molecule has 2 heteroatoms. The van der Waals surface area contributed by atoms with Crippen molar-refractivity contribution in [3.8, 4) is 5.75 Å². The van der Waals surface area contributed by atoms with Gasteiger partial charge >= 0.3 is 0 Å². The van der Waals surface area contributed by atoms with Gasteiger partial charge in [-0.3, -0.25) is 0 Å². The molecule has 0 radical (unpaired) electrons. The smallest absolute Gasteiger partial charge is 0.123 e. The molecule has 106 valence electrons. The Kier molecular flexibility index (Phi) is 2.70. The molecule has 0 aromatic heterocycles. The van der Waals surface area contributed by atoms with Gasteiger partial charge < -0.3 is 9.53 Å². The molecule has 3 unspecified atom stereocenters. The summed E-state index contributed by atoms with van der Waals surface area (Å²) in [5.74, 6) is 3.41. The Bertz CT molecular complexity index is 503. The highest BCUT2D eigenvalue weighted by atomic mass is 16.5. The third-order valence-corrected chi connectivity index (χ3v) is 6.21. The second kappa shape index (κ2) is 4.34. The van der Waals surface area contributed by atoms with Crippen molar-refractivity contribution in [1.29, 1.82) is 0 Å². The van der Waals surface area contributed by atoms with E-state index in [-0.39, 0.29) is 0 Å². The van der Waals surface area contributed by atoms with Crippen LogP contribution in [0.2, 0.25) is 0 Å². The fraction of sp³-hybridized carbons (Fsp3) is 0.611. The van der Waals surface area contributed by atoms with E-state index in [0.29, 0.717) is 23.2 Å². The maximum atomic E-state index is 11.4. The van der Waals surface area contributed by atoms with E-state index in [1.165, 1.54) is 44.0 Å². The zero-order chi connectivity index (χ0) is 13.7. The van der Waals surface area contributed by atoms with Crippen molar-refractivity contribution in [2.75, 3.05) is 7.11 Å². The molecule has 0 aliphatic heterocycles. The highest BCUT2D eigenvalue weighted by Gasteiger charge is 2.55. The second-order valence-corrected chi connectivity index (χ2v) is 7.19. The topological polar surface area (TPSA) is 26.3 Å². The molecular weight excluding hydrogens is 248 g/mol. The summed E-state index contributed by atoms with van der Waals surface area (Å²) in [7, 11) is 1.72. The van der Waals surface area contributed by atoms with Crippen molar-refractivity contribution in [2.45, 2.75) is 37.5 Å². The van der Waals surface area contributed by atoms with Gasteiger partial charge in [0.25, 0.3) is 0 Å². The normalized spacial score (nSPS) is 41.6. The van der Waals surface area contributed by atoms with E-state index in [9.17, 15) is 4.79 Å². The van der Waals surface area contributed by atoms with E-state index >= 15 is 0 Å². The summed E-state index contributed by atoms with van der Waals surface area (Å²) in [6.07, 6.45) is 7.60. The Labute approximate surface area is 120 Å². The van der Waals surface area contributed by atoms with Gasteiger partial charge in [0.15, 0.2) is 0 Å². The van der Waals surface area contributed by atoms with Crippen molar-refractivity contribution in [3.05, 3.63) is 29.8 Å². The number of hydrogen-bond donors (Lipinski definition) is 0. The maximum Gasteiger partial charge on any atom is 0.123 e. The molecule has 1 aromatic carbocycles. The highest BCUT2D eigenvalue weighted by Crippen LogP contribution is 2.62. The summed E-state index contributed by atoms with van der Waals surface area (Å²) in [6, 6.07) is 8.68. The maximum absolute atomic E-state index is 11.4. The van der Waals surface area contributed by atoms with Crippen molar-refractivity contribution in [1.82, 2.24) is 0 Å². The van der Waals surface area contributed by atoms with Crippen LogP contribution in [0.5, 0.6) is 5.75 Å². The van der Waals surface area contributed by atoms with Gasteiger partial charge in [0.2, 0.25) is 0 Å². The molecular formula is C18H22O2. The quantitative estimate of drug-likeness (QED) is 0.785. The van der Waals surface area contributed by atoms with Gasteiger partial charge in [-0.05, 0) is 73.0 Å². The molecule has 0 spiro atoms. The standard InChI is InChI=1S/C18H22O2/c1-20-16-4-2-15(3-5-16)18-8-12-6-13(9-18)17(11-19)14(7-12)10-18/h2-5,11-14,17H,6-10H2,1H3/t12?,13-,14+,17?,18?. The van der Waals surface area contributed by atoms with E-state index in [1.807, 2.05) is 0 Å². The number of hydrogen-bond acceptors (Lipinski definition) is 2. The molecule has 5 atom stereocenters. The van der Waals surface area contributed by atoms with Gasteiger partial charge in [0.1, 0.15) is 12.0 Å². The monoisotopic (exact) mass is 270 g/mol. The van der Waals surface area contributed by atoms with E-state index in [4.69, 9.17) is 4.74 Å². The van der Waals surface area contributed by atoms with Crippen LogP contribution in [0.3, 0.4) is 0 Å². The number of aldehydes is 1. The van der Waals surface area contributed by atoms with Crippen LogP contribution in [0.15, 0.2) is 24.3 Å². The SMILES string of the molecule is COc1ccc(C23CC4C[C@H](C2)C(C=O)[C@@H](C4)C3)cc1. The molecule has 20 heavy (non-hydrogen) atoms. The molecule has 0 amide bonds. The molecule has 4 fully saturated rings. The number of rotatable bonds is 3. The summed E-state index contributed by atoms with van der Waals surface area (Å²) in [5.41, 5.74) is 1.82. The van der Waals surface area contributed by atoms with Crippen LogP contribution < -0.4 is 4.74 Å². The Morgan fingerprint density at radius 1 is 1.10 bits per heavy atom. The second-order valence-electron chi connectivity index (χ2n) is 7.19. The van der Waals surface area contributed by atoms with Crippen LogP contribution in [0.1, 0.15) is 37.7 Å². The highest BCUT2D eigenvalue weighted by molar-refractivity contribution is 5.56. The van der Waals surface area contributed by atoms with E-state index < -0.39 is 0 Å². The summed E-state index contributed by atoms with van der Waals surface area (Å²) in [5, 5.41) is 0. The van der Waals surface area contributed by atoms with Crippen molar-refractivity contribution >= 4 is 6.29 Å². The predicted octanol–water partition coefficient (Wildman–Crippen LogP) is 3.59. The first kappa shape index (κ1) is 12.4. The Morgan fingerprint density at radius 2 is 1.75 bits per heavy atom. The third-order valence-electron chi connectivity index (χ3n) is 6.21. The summed E-state index contributed by atoms with van der Waals surface area (Å²) >= 11 is 0. The molecule has 2 nitrogen and oxygen atoms in total. The Hall–Kier alpha value is -1.31. The predicted molar refractivity (Wildman–Crippen MR) is 77.8 cm³/mol. The average molecular weight is 270 g/mol. The van der Waals surface area contributed by atoms with Gasteiger partial charge in [-0.15, -0.1) is 0 Å². The minimum atomic E-state index is 0.345. The summed E-state index contributed by atoms with van der Waals surface area (Å²) in [6.45, 7) is 0. The number of carbonyl (C=O) groups is 1. The summed E-state index contributed by atoms with van der Waals surface area (Å²) < 4.78 is 5.28. The first-order chi connectivity index (χ1) is 9.74. The lowest BCUT2D eigenvalue weighted by Crippen LogP contribution is -2.53. The van der Waals surface area contributed by atoms with Crippen LogP contribution in [0.4, 0.5) is 0 Å². The molecule has 0 N–H and O–H groups in total. The fourth-order valence-electron chi connectivity index (χ4n) is 5.58. The number of ether oxygens (including phenoxy) is 1. The van der Waals surface area contributed by atoms with Crippen LogP contribution in [0.25, 0.3) is 0 Å². The largest absolute Gasteiger partial charge is 0.497 e. The van der Waals surface area contributed by atoms with Crippen LogP contribution in [-0.2, 0) is 10.2 Å². The number of benzene rings is 1. The van der Waals surface area contributed by atoms with Gasteiger partial charge in [-0.2, -0.15) is 0 Å². The molecule has 0 saturated heterocycles. The van der Waals surface area contributed by atoms with Crippen LogP contribution >= 0.6 is 0 Å². The van der Waals surface area contributed by atoms with Crippen LogP contribution in [0, 0.1) is 23.7 Å². The molecule has 4 aliphatic carbocycles.